The zero-order valence-corrected chi connectivity index (χ0v) is 12.2. The van der Waals surface area contributed by atoms with Crippen LogP contribution in [0.15, 0.2) is 12.5 Å². The van der Waals surface area contributed by atoms with E-state index in [-0.39, 0.29) is 0 Å². The van der Waals surface area contributed by atoms with E-state index in [1.165, 1.54) is 25.0 Å². The molecule has 1 aromatic heterocycles. The van der Waals surface area contributed by atoms with Crippen LogP contribution in [0.3, 0.4) is 0 Å². The third-order valence-electron chi connectivity index (χ3n) is 4.46. The summed E-state index contributed by atoms with van der Waals surface area (Å²) in [5.74, 6) is 1.59. The second kappa shape index (κ2) is 5.87. The summed E-state index contributed by atoms with van der Waals surface area (Å²) in [5, 5.41) is 3.49. The molecule has 3 nitrogen and oxygen atoms in total. The van der Waals surface area contributed by atoms with Crippen molar-refractivity contribution in [1.29, 1.82) is 0 Å². The van der Waals surface area contributed by atoms with Gasteiger partial charge in [-0.2, -0.15) is 0 Å². The number of nitrogens with one attached hydrogen (secondary N) is 1. The molecule has 1 aromatic rings. The van der Waals surface area contributed by atoms with Gasteiger partial charge < -0.3 is 9.88 Å². The molecule has 1 N–H and O–H groups in total. The molecule has 0 radical (unpaired) electrons. The van der Waals surface area contributed by atoms with E-state index in [0.717, 1.165) is 18.4 Å². The van der Waals surface area contributed by atoms with Gasteiger partial charge in [0, 0.05) is 24.8 Å². The molecule has 2 rings (SSSR count). The van der Waals surface area contributed by atoms with Gasteiger partial charge in [0.05, 0.1) is 12.0 Å². The number of nitrogens with zero attached hydrogens (tertiary/aromatic N) is 2. The molecule has 0 aromatic carbocycles. The lowest BCUT2D eigenvalue weighted by molar-refractivity contribution is 0.183. The third kappa shape index (κ3) is 2.94. The molecule has 3 heteroatoms. The van der Waals surface area contributed by atoms with Gasteiger partial charge in [0.2, 0.25) is 0 Å². The molecule has 1 fully saturated rings. The Morgan fingerprint density at radius 2 is 2.17 bits per heavy atom. The van der Waals surface area contributed by atoms with Crippen LogP contribution >= 0.6 is 0 Å². The van der Waals surface area contributed by atoms with Crippen molar-refractivity contribution in [2.75, 3.05) is 0 Å². The van der Waals surface area contributed by atoms with Gasteiger partial charge in [-0.3, -0.25) is 0 Å². The largest absolute Gasteiger partial charge is 0.330 e. The Morgan fingerprint density at radius 3 is 2.89 bits per heavy atom. The first-order valence-corrected chi connectivity index (χ1v) is 7.33. The Morgan fingerprint density at radius 1 is 1.39 bits per heavy atom. The molecule has 0 aliphatic heterocycles. The Kier molecular flexibility index (Phi) is 4.44. The van der Waals surface area contributed by atoms with Crippen molar-refractivity contribution >= 4 is 0 Å². The van der Waals surface area contributed by atoms with E-state index in [2.05, 4.69) is 42.6 Å². The standard InChI is InChI=1S/C15H27N3/c1-11(2)17-9-14-8-16-10-18(14)15-7-5-6-12(3)13(15)4/h8,10-13,15,17H,5-7,9H2,1-4H3. The molecule has 0 spiro atoms. The number of hydrogen-bond acceptors (Lipinski definition) is 2. The van der Waals surface area contributed by atoms with E-state index in [1.807, 2.05) is 12.5 Å². The minimum Gasteiger partial charge on any atom is -0.330 e. The second-order valence-corrected chi connectivity index (χ2v) is 6.16. The summed E-state index contributed by atoms with van der Waals surface area (Å²) in [6.07, 6.45) is 8.08. The average Bonchev–Trinajstić information content (AvgIpc) is 2.78. The zero-order chi connectivity index (χ0) is 13.1. The summed E-state index contributed by atoms with van der Waals surface area (Å²) in [6, 6.07) is 1.16. The predicted octanol–water partition coefficient (Wildman–Crippen LogP) is 3.38. The van der Waals surface area contributed by atoms with Crippen LogP contribution in [0.4, 0.5) is 0 Å². The van der Waals surface area contributed by atoms with Crippen molar-refractivity contribution < 1.29 is 0 Å². The Bertz CT molecular complexity index is 370. The molecule has 1 heterocycles. The van der Waals surface area contributed by atoms with Gasteiger partial charge in [-0.05, 0) is 18.3 Å². The van der Waals surface area contributed by atoms with Crippen molar-refractivity contribution in [1.82, 2.24) is 14.9 Å². The maximum Gasteiger partial charge on any atom is 0.0951 e. The van der Waals surface area contributed by atoms with Gasteiger partial charge in [-0.15, -0.1) is 0 Å². The van der Waals surface area contributed by atoms with E-state index in [0.29, 0.717) is 12.1 Å². The van der Waals surface area contributed by atoms with Crippen molar-refractivity contribution in [3.05, 3.63) is 18.2 Å². The molecule has 102 valence electrons. The van der Waals surface area contributed by atoms with Gasteiger partial charge in [-0.1, -0.05) is 40.5 Å². The van der Waals surface area contributed by atoms with Gasteiger partial charge in [0.15, 0.2) is 0 Å². The quantitative estimate of drug-likeness (QED) is 0.886. The fraction of sp³-hybridized carbons (Fsp3) is 0.800. The lowest BCUT2D eigenvalue weighted by Crippen LogP contribution is -2.29. The minimum atomic E-state index is 0.524. The summed E-state index contributed by atoms with van der Waals surface area (Å²) in [7, 11) is 0. The number of hydrogen-bond donors (Lipinski definition) is 1. The van der Waals surface area contributed by atoms with E-state index >= 15 is 0 Å². The molecule has 1 saturated carbocycles. The lowest BCUT2D eigenvalue weighted by Gasteiger charge is -2.35. The van der Waals surface area contributed by atoms with Crippen LogP contribution in [-0.4, -0.2) is 15.6 Å². The second-order valence-electron chi connectivity index (χ2n) is 6.16. The van der Waals surface area contributed by atoms with Gasteiger partial charge >= 0.3 is 0 Å². The van der Waals surface area contributed by atoms with Crippen molar-refractivity contribution in [2.24, 2.45) is 11.8 Å². The molecular weight excluding hydrogens is 222 g/mol. The average molecular weight is 249 g/mol. The monoisotopic (exact) mass is 249 g/mol. The Labute approximate surface area is 111 Å². The highest BCUT2D eigenvalue weighted by Gasteiger charge is 2.29. The van der Waals surface area contributed by atoms with Crippen LogP contribution in [0.1, 0.15) is 58.7 Å². The predicted molar refractivity (Wildman–Crippen MR) is 75.4 cm³/mol. The van der Waals surface area contributed by atoms with Crippen molar-refractivity contribution in [3.8, 4) is 0 Å². The summed E-state index contributed by atoms with van der Waals surface area (Å²) < 4.78 is 2.41. The summed E-state index contributed by atoms with van der Waals surface area (Å²) in [6.45, 7) is 10.1. The fourth-order valence-corrected chi connectivity index (χ4v) is 3.02. The molecule has 3 atom stereocenters. The molecule has 0 amide bonds. The van der Waals surface area contributed by atoms with Gasteiger partial charge in [0.1, 0.15) is 0 Å². The van der Waals surface area contributed by atoms with Crippen molar-refractivity contribution in [3.63, 3.8) is 0 Å². The highest BCUT2D eigenvalue weighted by molar-refractivity contribution is 5.02. The van der Waals surface area contributed by atoms with E-state index in [4.69, 9.17) is 0 Å². The van der Waals surface area contributed by atoms with E-state index < -0.39 is 0 Å². The molecule has 18 heavy (non-hydrogen) atoms. The summed E-state index contributed by atoms with van der Waals surface area (Å²) >= 11 is 0. The third-order valence-corrected chi connectivity index (χ3v) is 4.46. The van der Waals surface area contributed by atoms with E-state index in [9.17, 15) is 0 Å². The molecule has 1 aliphatic rings. The normalized spacial score (nSPS) is 28.8. The van der Waals surface area contributed by atoms with Gasteiger partial charge in [0.25, 0.3) is 0 Å². The van der Waals surface area contributed by atoms with Crippen LogP contribution < -0.4 is 5.32 Å². The smallest absolute Gasteiger partial charge is 0.0951 e. The van der Waals surface area contributed by atoms with Gasteiger partial charge in [-0.25, -0.2) is 4.98 Å². The zero-order valence-electron chi connectivity index (χ0n) is 12.2. The van der Waals surface area contributed by atoms with Crippen LogP contribution in [0.5, 0.6) is 0 Å². The number of rotatable bonds is 4. The molecule has 1 aliphatic carbocycles. The first-order chi connectivity index (χ1) is 8.59. The molecule has 0 saturated heterocycles. The van der Waals surface area contributed by atoms with Crippen molar-refractivity contribution in [2.45, 2.75) is 65.6 Å². The molecule has 0 bridgehead atoms. The first-order valence-electron chi connectivity index (χ1n) is 7.33. The highest BCUT2D eigenvalue weighted by Crippen LogP contribution is 2.38. The fourth-order valence-electron chi connectivity index (χ4n) is 3.02. The minimum absolute atomic E-state index is 0.524. The lowest BCUT2D eigenvalue weighted by atomic mass is 9.78. The maximum atomic E-state index is 4.36. The van der Waals surface area contributed by atoms with Crippen LogP contribution in [-0.2, 0) is 6.54 Å². The van der Waals surface area contributed by atoms with Crippen LogP contribution in [0.2, 0.25) is 0 Å². The molecular formula is C15H27N3. The number of aromatic nitrogens is 2. The van der Waals surface area contributed by atoms with E-state index in [1.54, 1.807) is 0 Å². The maximum absolute atomic E-state index is 4.36. The highest BCUT2D eigenvalue weighted by atomic mass is 15.1. The summed E-state index contributed by atoms with van der Waals surface area (Å²) in [4.78, 5) is 4.36. The Balaban J connectivity index is 2.10. The van der Waals surface area contributed by atoms with Crippen LogP contribution in [0.25, 0.3) is 0 Å². The van der Waals surface area contributed by atoms with Crippen LogP contribution in [0, 0.1) is 11.8 Å². The molecule has 3 unspecified atom stereocenters. The first kappa shape index (κ1) is 13.6. The topological polar surface area (TPSA) is 29.9 Å². The summed E-state index contributed by atoms with van der Waals surface area (Å²) in [5.41, 5.74) is 1.33. The number of imidazole rings is 1. The SMILES string of the molecule is CC(C)NCc1cncn1C1CCCC(C)C1C. The Hall–Kier alpha value is -0.830.